The first-order valence-electron chi connectivity index (χ1n) is 13.5. The second-order valence-corrected chi connectivity index (χ2v) is 10.9. The van der Waals surface area contributed by atoms with Gasteiger partial charge in [-0.1, -0.05) is 31.5 Å². The number of benzene rings is 2. The smallest absolute Gasteiger partial charge is 0.305 e. The van der Waals surface area contributed by atoms with Crippen molar-refractivity contribution >= 4 is 23.6 Å². The zero-order valence-corrected chi connectivity index (χ0v) is 24.0. The number of aryl methyl sites for hydroxylation is 3. The van der Waals surface area contributed by atoms with E-state index in [0.29, 0.717) is 16.9 Å². The number of hydrogen-bond acceptors (Lipinski definition) is 5. The highest BCUT2D eigenvalue weighted by Gasteiger charge is 2.30. The van der Waals surface area contributed by atoms with Gasteiger partial charge in [-0.05, 0) is 73.6 Å². The van der Waals surface area contributed by atoms with Crippen LogP contribution in [0.3, 0.4) is 0 Å². The van der Waals surface area contributed by atoms with Gasteiger partial charge in [-0.2, -0.15) is 0 Å². The number of carbonyl (C=O) groups excluding carboxylic acids is 2. The van der Waals surface area contributed by atoms with Crippen molar-refractivity contribution in [3.63, 3.8) is 0 Å². The summed E-state index contributed by atoms with van der Waals surface area (Å²) >= 11 is 0. The van der Waals surface area contributed by atoms with Crippen LogP contribution in [0.1, 0.15) is 65.5 Å². The van der Waals surface area contributed by atoms with Crippen LogP contribution in [0, 0.1) is 38.3 Å². The van der Waals surface area contributed by atoms with Gasteiger partial charge in [0, 0.05) is 24.2 Å². The second-order valence-electron chi connectivity index (χ2n) is 10.9. The molecule has 0 saturated carbocycles. The Labute approximate surface area is 242 Å². The normalized spacial score (nSPS) is 12.8. The molecule has 42 heavy (non-hydrogen) atoms. The number of carboxylic acids is 1. The number of imidazole rings is 1. The summed E-state index contributed by atoms with van der Waals surface area (Å²) in [5.41, 5.74) is 3.45. The molecule has 0 saturated heterocycles. The summed E-state index contributed by atoms with van der Waals surface area (Å²) in [5, 5.41) is 14.8. The summed E-state index contributed by atoms with van der Waals surface area (Å²) < 4.78 is 31.8. The lowest BCUT2D eigenvalue weighted by Crippen LogP contribution is -2.48. The number of aromatic nitrogens is 3. The van der Waals surface area contributed by atoms with Crippen LogP contribution < -0.4 is 10.6 Å². The van der Waals surface area contributed by atoms with Gasteiger partial charge in [0.25, 0.3) is 5.91 Å². The number of amides is 2. The summed E-state index contributed by atoms with van der Waals surface area (Å²) in [4.78, 5) is 46.6. The lowest BCUT2D eigenvalue weighted by atomic mass is 9.90. The maximum Gasteiger partial charge on any atom is 0.305 e. The number of aliphatic carboxylic acids is 1. The number of nitrogens with zero attached hydrogens (tertiary/aromatic N) is 3. The van der Waals surface area contributed by atoms with Crippen molar-refractivity contribution in [2.24, 2.45) is 5.92 Å². The molecule has 0 aliphatic rings. The first-order chi connectivity index (χ1) is 19.8. The summed E-state index contributed by atoms with van der Waals surface area (Å²) in [6, 6.07) is 5.42. The summed E-state index contributed by atoms with van der Waals surface area (Å²) in [5.74, 6) is -4.88. The van der Waals surface area contributed by atoms with Gasteiger partial charge in [-0.15, -0.1) is 0 Å². The number of halogens is 2. The SMILES string of the molecule is Cc1cc(C)c(-c2cc(F)c(F)c([C@H](CC(=O)O)NC(=O)[C@H](CC(C)C)NC(=O)c3cn4cccnc4n3)c2)c(C)c1. The molecule has 4 rings (SSSR count). The minimum atomic E-state index is -1.42. The van der Waals surface area contributed by atoms with Crippen LogP contribution in [0.5, 0.6) is 0 Å². The Kier molecular flexibility index (Phi) is 8.99. The zero-order chi connectivity index (χ0) is 30.7. The van der Waals surface area contributed by atoms with Gasteiger partial charge in [-0.25, -0.2) is 18.7 Å². The summed E-state index contributed by atoms with van der Waals surface area (Å²) in [6.45, 7) is 9.33. The number of carbonyl (C=O) groups is 3. The van der Waals surface area contributed by atoms with Crippen molar-refractivity contribution in [1.29, 1.82) is 0 Å². The zero-order valence-electron chi connectivity index (χ0n) is 24.0. The lowest BCUT2D eigenvalue weighted by molar-refractivity contribution is -0.137. The van der Waals surface area contributed by atoms with Gasteiger partial charge >= 0.3 is 5.97 Å². The number of rotatable bonds is 10. The first kappa shape index (κ1) is 30.3. The molecule has 0 unspecified atom stereocenters. The van der Waals surface area contributed by atoms with Crippen LogP contribution in [-0.4, -0.2) is 43.3 Å². The van der Waals surface area contributed by atoms with Gasteiger partial charge < -0.3 is 15.7 Å². The molecule has 0 radical (unpaired) electrons. The molecule has 220 valence electrons. The Balaban J connectivity index is 1.67. The molecule has 0 aliphatic heterocycles. The van der Waals surface area contributed by atoms with Crippen molar-refractivity contribution in [2.75, 3.05) is 0 Å². The fraction of sp³-hybridized carbons (Fsp3) is 0.323. The molecule has 11 heteroatoms. The van der Waals surface area contributed by atoms with Crippen LogP contribution >= 0.6 is 0 Å². The molecule has 0 bridgehead atoms. The van der Waals surface area contributed by atoms with Gasteiger partial charge in [-0.3, -0.25) is 18.8 Å². The molecule has 2 atom stereocenters. The molecular weight excluding hydrogens is 544 g/mol. The highest BCUT2D eigenvalue weighted by Crippen LogP contribution is 2.33. The third-order valence-corrected chi connectivity index (χ3v) is 6.89. The second kappa shape index (κ2) is 12.5. The van der Waals surface area contributed by atoms with Crippen LogP contribution in [-0.2, 0) is 9.59 Å². The van der Waals surface area contributed by atoms with E-state index >= 15 is 4.39 Å². The predicted molar refractivity (Wildman–Crippen MR) is 153 cm³/mol. The van der Waals surface area contributed by atoms with Crippen LogP contribution in [0.2, 0.25) is 0 Å². The fourth-order valence-electron chi connectivity index (χ4n) is 5.20. The molecule has 2 aromatic heterocycles. The number of carboxylic acid groups (broad SMARTS) is 1. The lowest BCUT2D eigenvalue weighted by Gasteiger charge is -2.25. The third kappa shape index (κ3) is 6.79. The first-order valence-corrected chi connectivity index (χ1v) is 13.5. The predicted octanol–water partition coefficient (Wildman–Crippen LogP) is 5.08. The minimum absolute atomic E-state index is 0.0296. The van der Waals surface area contributed by atoms with Gasteiger partial charge in [0.1, 0.15) is 11.7 Å². The molecular formula is C31H33F2N5O4. The van der Waals surface area contributed by atoms with Crippen molar-refractivity contribution in [3.8, 4) is 11.1 Å². The fourth-order valence-corrected chi connectivity index (χ4v) is 5.20. The van der Waals surface area contributed by atoms with Crippen LogP contribution in [0.25, 0.3) is 16.9 Å². The minimum Gasteiger partial charge on any atom is -0.481 e. The van der Waals surface area contributed by atoms with E-state index in [1.54, 1.807) is 16.7 Å². The number of hydrogen-bond donors (Lipinski definition) is 3. The Morgan fingerprint density at radius 3 is 2.33 bits per heavy atom. The maximum absolute atomic E-state index is 15.3. The van der Waals surface area contributed by atoms with E-state index in [2.05, 4.69) is 20.6 Å². The molecule has 0 spiro atoms. The Morgan fingerprint density at radius 1 is 1.02 bits per heavy atom. The van der Waals surface area contributed by atoms with Gasteiger partial charge in [0.05, 0.1) is 12.5 Å². The molecule has 9 nitrogen and oxygen atoms in total. The topological polar surface area (TPSA) is 126 Å². The average molecular weight is 578 g/mol. The molecule has 0 aliphatic carbocycles. The largest absolute Gasteiger partial charge is 0.481 e. The van der Waals surface area contributed by atoms with E-state index in [0.717, 1.165) is 22.8 Å². The third-order valence-electron chi connectivity index (χ3n) is 6.89. The average Bonchev–Trinajstić information content (AvgIpc) is 3.33. The molecule has 2 amide bonds. The Morgan fingerprint density at radius 2 is 1.71 bits per heavy atom. The van der Waals surface area contributed by atoms with E-state index < -0.39 is 47.9 Å². The number of nitrogens with one attached hydrogen (secondary N) is 2. The van der Waals surface area contributed by atoms with E-state index in [-0.39, 0.29) is 23.6 Å². The van der Waals surface area contributed by atoms with Crippen molar-refractivity contribution in [3.05, 3.63) is 88.5 Å². The summed E-state index contributed by atoms with van der Waals surface area (Å²) in [7, 11) is 0. The van der Waals surface area contributed by atoms with Gasteiger partial charge in [0.2, 0.25) is 11.7 Å². The highest BCUT2D eigenvalue weighted by molar-refractivity contribution is 5.96. The highest BCUT2D eigenvalue weighted by atomic mass is 19.2. The van der Waals surface area contributed by atoms with E-state index in [4.69, 9.17) is 0 Å². The van der Waals surface area contributed by atoms with E-state index in [1.807, 2.05) is 46.8 Å². The molecule has 3 N–H and O–H groups in total. The van der Waals surface area contributed by atoms with Crippen molar-refractivity contribution < 1.29 is 28.3 Å². The monoisotopic (exact) mass is 577 g/mol. The van der Waals surface area contributed by atoms with Crippen molar-refractivity contribution in [2.45, 2.75) is 59.5 Å². The molecule has 2 aromatic carbocycles. The van der Waals surface area contributed by atoms with E-state index in [9.17, 15) is 23.9 Å². The molecule has 2 heterocycles. The number of fused-ring (bicyclic) bond motifs is 1. The van der Waals surface area contributed by atoms with Crippen molar-refractivity contribution in [1.82, 2.24) is 25.0 Å². The van der Waals surface area contributed by atoms with Gasteiger partial charge in [0.15, 0.2) is 11.6 Å². The Hall–Kier alpha value is -4.67. The molecule has 4 aromatic rings. The summed E-state index contributed by atoms with van der Waals surface area (Å²) in [6.07, 6.45) is 4.15. The molecule has 0 fully saturated rings. The van der Waals surface area contributed by atoms with Crippen LogP contribution in [0.4, 0.5) is 8.78 Å². The standard InChI is InChI=1S/C31H33F2N5O4/c1-16(2)9-24(36-30(42)25-15-38-8-6-7-34-31(38)37-25)29(41)35-23(14-26(39)40)21-12-20(13-22(32)28(21)33)27-18(4)10-17(3)11-19(27)5/h6-8,10-13,15-16,23-24H,9,14H2,1-5H3,(H,35,41)(H,36,42)(H,39,40)/t23-,24-/m0/s1. The van der Waals surface area contributed by atoms with Crippen LogP contribution in [0.15, 0.2) is 48.9 Å². The Bertz CT molecular complexity index is 1610. The quantitative estimate of drug-likeness (QED) is 0.242. The maximum atomic E-state index is 15.3. The van der Waals surface area contributed by atoms with E-state index in [1.165, 1.54) is 18.5 Å².